The average molecular weight is 563 g/mol. The van der Waals surface area contributed by atoms with E-state index in [-0.39, 0.29) is 5.75 Å². The lowest BCUT2D eigenvalue weighted by Gasteiger charge is -2.34. The number of benzene rings is 4. The number of rotatable bonds is 6. The normalized spacial score (nSPS) is 18.2. The number of nitrogens with one attached hydrogen (secondary N) is 1. The van der Waals surface area contributed by atoms with Crippen molar-refractivity contribution in [3.8, 4) is 11.1 Å². The predicted molar refractivity (Wildman–Crippen MR) is 166 cm³/mol. The van der Waals surface area contributed by atoms with Crippen molar-refractivity contribution in [2.24, 2.45) is 0 Å². The van der Waals surface area contributed by atoms with Gasteiger partial charge < -0.3 is 14.8 Å². The second-order valence-corrected chi connectivity index (χ2v) is 13.2. The molecule has 5 aromatic rings. The molecule has 0 aliphatic carbocycles. The number of anilines is 1. The van der Waals surface area contributed by atoms with E-state index in [1.165, 1.54) is 5.69 Å². The Kier molecular flexibility index (Phi) is 6.66. The SMILES string of the molecule is CN1CCN(c2ccc(-c3ccc4c(c3)[C@H](c3c[nH]c5ccccc35)N(S(=O)(=O)Cc3ccccc3)C4)cc2)CC1. The molecule has 7 rings (SSSR count). The van der Waals surface area contributed by atoms with E-state index < -0.39 is 16.1 Å². The predicted octanol–water partition coefficient (Wildman–Crippen LogP) is 6.02. The first kappa shape index (κ1) is 26.0. The van der Waals surface area contributed by atoms with Crippen LogP contribution in [0.3, 0.4) is 0 Å². The second-order valence-electron chi connectivity index (χ2n) is 11.2. The average Bonchev–Trinajstić information content (AvgIpc) is 3.59. The smallest absolute Gasteiger partial charge is 0.219 e. The van der Waals surface area contributed by atoms with Crippen LogP contribution in [0, 0.1) is 0 Å². The third-order valence-electron chi connectivity index (χ3n) is 8.59. The number of H-pyrrole nitrogens is 1. The number of piperazine rings is 1. The summed E-state index contributed by atoms with van der Waals surface area (Å²) in [5.41, 5.74) is 8.36. The molecule has 3 heterocycles. The van der Waals surface area contributed by atoms with Crippen LogP contribution in [0.15, 0.2) is 103 Å². The molecule has 2 aliphatic heterocycles. The van der Waals surface area contributed by atoms with Gasteiger partial charge in [-0.1, -0.05) is 72.8 Å². The molecule has 0 unspecified atom stereocenters. The summed E-state index contributed by atoms with van der Waals surface area (Å²) in [6.07, 6.45) is 1.98. The Balaban J connectivity index is 1.26. The number of sulfonamides is 1. The summed E-state index contributed by atoms with van der Waals surface area (Å²) in [7, 11) is -1.44. The molecule has 1 N–H and O–H groups in total. The molecular weight excluding hydrogens is 528 g/mol. The summed E-state index contributed by atoms with van der Waals surface area (Å²) in [5.74, 6) is -0.0265. The van der Waals surface area contributed by atoms with E-state index in [9.17, 15) is 8.42 Å². The van der Waals surface area contributed by atoms with Crippen LogP contribution in [-0.4, -0.2) is 55.8 Å². The number of likely N-dealkylation sites (N-methyl/N-ethyl adjacent to an activating group) is 1. The van der Waals surface area contributed by atoms with E-state index in [4.69, 9.17) is 0 Å². The van der Waals surface area contributed by atoms with Crippen LogP contribution in [0.4, 0.5) is 5.69 Å². The summed E-state index contributed by atoms with van der Waals surface area (Å²) in [4.78, 5) is 8.18. The lowest BCUT2D eigenvalue weighted by molar-refractivity contribution is 0.313. The van der Waals surface area contributed by atoms with E-state index in [1.807, 2.05) is 54.7 Å². The first-order chi connectivity index (χ1) is 20.0. The lowest BCUT2D eigenvalue weighted by Crippen LogP contribution is -2.44. The topological polar surface area (TPSA) is 59.6 Å². The Bertz CT molecular complexity index is 1790. The van der Waals surface area contributed by atoms with Gasteiger partial charge in [0.25, 0.3) is 0 Å². The molecule has 0 spiro atoms. The molecule has 1 saturated heterocycles. The summed E-state index contributed by atoms with van der Waals surface area (Å²) in [5, 5.41) is 1.05. The third-order valence-corrected chi connectivity index (χ3v) is 10.3. The largest absolute Gasteiger partial charge is 0.369 e. The van der Waals surface area contributed by atoms with Crippen LogP contribution < -0.4 is 4.90 Å². The molecular formula is C34H34N4O2S. The number of hydrogen-bond donors (Lipinski definition) is 1. The maximum Gasteiger partial charge on any atom is 0.219 e. The van der Waals surface area contributed by atoms with Crippen LogP contribution >= 0.6 is 0 Å². The van der Waals surface area contributed by atoms with E-state index in [2.05, 4.69) is 70.4 Å². The molecule has 0 bridgehead atoms. The highest BCUT2D eigenvalue weighted by Gasteiger charge is 2.40. The minimum atomic E-state index is -3.61. The fourth-order valence-electron chi connectivity index (χ4n) is 6.29. The molecule has 2 aliphatic rings. The minimum Gasteiger partial charge on any atom is -0.369 e. The molecule has 1 fully saturated rings. The van der Waals surface area contributed by atoms with Crippen molar-refractivity contribution in [1.82, 2.24) is 14.2 Å². The molecule has 6 nitrogen and oxygen atoms in total. The Labute approximate surface area is 241 Å². The summed E-state index contributed by atoms with van der Waals surface area (Å²) < 4.78 is 29.7. The highest BCUT2D eigenvalue weighted by Crippen LogP contribution is 2.44. The molecule has 41 heavy (non-hydrogen) atoms. The van der Waals surface area contributed by atoms with Crippen molar-refractivity contribution < 1.29 is 8.42 Å². The van der Waals surface area contributed by atoms with Gasteiger partial charge in [-0.15, -0.1) is 0 Å². The van der Waals surface area contributed by atoms with Crippen molar-refractivity contribution >= 4 is 26.6 Å². The van der Waals surface area contributed by atoms with Gasteiger partial charge in [0, 0.05) is 61.1 Å². The number of aromatic amines is 1. The molecule has 0 saturated carbocycles. The second kappa shape index (κ2) is 10.5. The number of hydrogen-bond acceptors (Lipinski definition) is 4. The summed E-state index contributed by atoms with van der Waals surface area (Å²) in [6, 6.07) is 32.4. The van der Waals surface area contributed by atoms with Crippen molar-refractivity contribution in [2.75, 3.05) is 38.1 Å². The summed E-state index contributed by atoms with van der Waals surface area (Å²) in [6.45, 7) is 4.58. The van der Waals surface area contributed by atoms with E-state index in [0.717, 1.165) is 70.5 Å². The van der Waals surface area contributed by atoms with Crippen LogP contribution in [-0.2, 0) is 22.3 Å². The molecule has 7 heteroatoms. The molecule has 0 amide bonds. The van der Waals surface area contributed by atoms with Crippen molar-refractivity contribution in [2.45, 2.75) is 18.3 Å². The van der Waals surface area contributed by atoms with Crippen LogP contribution in [0.1, 0.15) is 28.3 Å². The zero-order valence-electron chi connectivity index (χ0n) is 23.2. The van der Waals surface area contributed by atoms with Crippen molar-refractivity contribution in [1.29, 1.82) is 0 Å². The van der Waals surface area contributed by atoms with Gasteiger partial charge in [-0.2, -0.15) is 4.31 Å². The van der Waals surface area contributed by atoms with Gasteiger partial charge in [0.1, 0.15) is 0 Å². The highest BCUT2D eigenvalue weighted by atomic mass is 32.2. The fourth-order valence-corrected chi connectivity index (χ4v) is 7.95. The van der Waals surface area contributed by atoms with E-state index >= 15 is 0 Å². The van der Waals surface area contributed by atoms with E-state index in [0.29, 0.717) is 6.54 Å². The third kappa shape index (κ3) is 4.95. The van der Waals surface area contributed by atoms with Crippen LogP contribution in [0.25, 0.3) is 22.0 Å². The molecule has 4 aromatic carbocycles. The number of para-hydroxylation sites is 1. The Hall–Kier alpha value is -3.91. The molecule has 1 atom stereocenters. The van der Waals surface area contributed by atoms with Crippen LogP contribution in [0.5, 0.6) is 0 Å². The zero-order chi connectivity index (χ0) is 28.0. The van der Waals surface area contributed by atoms with Gasteiger partial charge in [0.15, 0.2) is 0 Å². The fraction of sp³-hybridized carbons (Fsp3) is 0.235. The number of nitrogens with zero attached hydrogens (tertiary/aromatic N) is 3. The van der Waals surface area contributed by atoms with Crippen molar-refractivity contribution in [3.63, 3.8) is 0 Å². The zero-order valence-corrected chi connectivity index (χ0v) is 24.0. The standard InChI is InChI=1S/C34H34N4O2S/c1-36-17-19-37(20-18-36)29-15-13-26(14-16-29)27-11-12-28-23-38(41(39,40)24-25-7-3-2-4-8-25)34(31(28)21-27)32-22-35-33-10-6-5-9-30(32)33/h2-16,21-22,34-35H,17-20,23-24H2,1H3/t34-/m1/s1. The Morgan fingerprint density at radius 2 is 1.49 bits per heavy atom. The Morgan fingerprint density at radius 1 is 0.780 bits per heavy atom. The van der Waals surface area contributed by atoms with Crippen molar-refractivity contribution in [3.05, 3.63) is 126 Å². The van der Waals surface area contributed by atoms with Gasteiger partial charge in [-0.25, -0.2) is 8.42 Å². The number of fused-ring (bicyclic) bond motifs is 2. The molecule has 1 aromatic heterocycles. The van der Waals surface area contributed by atoms with Gasteiger partial charge in [-0.05, 0) is 59.1 Å². The van der Waals surface area contributed by atoms with E-state index in [1.54, 1.807) is 4.31 Å². The van der Waals surface area contributed by atoms with Gasteiger partial charge in [-0.3, -0.25) is 0 Å². The highest BCUT2D eigenvalue weighted by molar-refractivity contribution is 7.88. The number of aromatic nitrogens is 1. The van der Waals surface area contributed by atoms with Crippen LogP contribution in [0.2, 0.25) is 0 Å². The molecule has 0 radical (unpaired) electrons. The monoisotopic (exact) mass is 562 g/mol. The first-order valence-corrected chi connectivity index (χ1v) is 15.8. The summed E-state index contributed by atoms with van der Waals surface area (Å²) >= 11 is 0. The molecule has 208 valence electrons. The van der Waals surface area contributed by atoms with Gasteiger partial charge in [0.2, 0.25) is 10.0 Å². The lowest BCUT2D eigenvalue weighted by atomic mass is 9.94. The minimum absolute atomic E-state index is 0.0265. The quantitative estimate of drug-likeness (QED) is 0.275. The van der Waals surface area contributed by atoms with Gasteiger partial charge in [0.05, 0.1) is 11.8 Å². The maximum atomic E-state index is 14.0. The first-order valence-electron chi connectivity index (χ1n) is 14.2. The van der Waals surface area contributed by atoms with Gasteiger partial charge >= 0.3 is 0 Å². The Morgan fingerprint density at radius 3 is 2.27 bits per heavy atom. The maximum absolute atomic E-state index is 14.0.